The SMILES string of the molecule is CCCCN1C(=O)CSC1c1cccs1. The summed E-state index contributed by atoms with van der Waals surface area (Å²) in [6, 6.07) is 4.18. The van der Waals surface area contributed by atoms with E-state index in [9.17, 15) is 4.79 Å². The van der Waals surface area contributed by atoms with Crippen LogP contribution >= 0.6 is 23.1 Å². The molecule has 0 spiro atoms. The van der Waals surface area contributed by atoms with E-state index < -0.39 is 0 Å². The highest BCUT2D eigenvalue weighted by atomic mass is 32.2. The number of hydrogen-bond acceptors (Lipinski definition) is 3. The average molecular weight is 241 g/mol. The maximum absolute atomic E-state index is 11.7. The summed E-state index contributed by atoms with van der Waals surface area (Å²) in [7, 11) is 0. The maximum Gasteiger partial charge on any atom is 0.233 e. The van der Waals surface area contributed by atoms with Crippen LogP contribution in [-0.2, 0) is 4.79 Å². The molecule has 0 aliphatic carbocycles. The smallest absolute Gasteiger partial charge is 0.233 e. The highest BCUT2D eigenvalue weighted by Gasteiger charge is 2.32. The number of amides is 1. The first-order valence-electron chi connectivity index (χ1n) is 5.27. The Labute approximate surface area is 98.7 Å². The first-order chi connectivity index (χ1) is 7.33. The zero-order valence-corrected chi connectivity index (χ0v) is 10.4. The van der Waals surface area contributed by atoms with Gasteiger partial charge >= 0.3 is 0 Å². The van der Waals surface area contributed by atoms with Gasteiger partial charge in [0.05, 0.1) is 5.75 Å². The Kier molecular flexibility index (Phi) is 3.70. The fourth-order valence-electron chi connectivity index (χ4n) is 1.69. The predicted octanol–water partition coefficient (Wildman–Crippen LogP) is 3.12. The van der Waals surface area contributed by atoms with Crippen LogP contribution < -0.4 is 0 Å². The molecular weight excluding hydrogens is 226 g/mol. The normalized spacial score (nSPS) is 21.3. The van der Waals surface area contributed by atoms with Crippen LogP contribution in [0.4, 0.5) is 0 Å². The van der Waals surface area contributed by atoms with Crippen LogP contribution in [0.3, 0.4) is 0 Å². The third-order valence-electron chi connectivity index (χ3n) is 2.51. The number of hydrogen-bond donors (Lipinski definition) is 0. The zero-order chi connectivity index (χ0) is 10.7. The molecule has 1 aromatic heterocycles. The van der Waals surface area contributed by atoms with Crippen molar-refractivity contribution in [1.29, 1.82) is 0 Å². The fraction of sp³-hybridized carbons (Fsp3) is 0.545. The van der Waals surface area contributed by atoms with E-state index in [2.05, 4.69) is 24.4 Å². The van der Waals surface area contributed by atoms with Crippen molar-refractivity contribution >= 4 is 29.0 Å². The second kappa shape index (κ2) is 5.03. The summed E-state index contributed by atoms with van der Waals surface area (Å²) in [5.41, 5.74) is 0. The quantitative estimate of drug-likeness (QED) is 0.807. The molecule has 1 atom stereocenters. The van der Waals surface area contributed by atoms with E-state index in [0.29, 0.717) is 11.7 Å². The third kappa shape index (κ3) is 2.37. The predicted molar refractivity (Wildman–Crippen MR) is 66.1 cm³/mol. The molecule has 2 heterocycles. The highest BCUT2D eigenvalue weighted by molar-refractivity contribution is 8.00. The van der Waals surface area contributed by atoms with Gasteiger partial charge in [0.2, 0.25) is 5.91 Å². The first-order valence-corrected chi connectivity index (χ1v) is 7.20. The van der Waals surface area contributed by atoms with Gasteiger partial charge in [-0.2, -0.15) is 0 Å². The van der Waals surface area contributed by atoms with Crippen molar-refractivity contribution in [2.75, 3.05) is 12.3 Å². The molecule has 0 bridgehead atoms. The van der Waals surface area contributed by atoms with E-state index in [0.717, 1.165) is 19.4 Å². The summed E-state index contributed by atoms with van der Waals surface area (Å²) in [6.07, 6.45) is 2.25. The number of thioether (sulfide) groups is 1. The van der Waals surface area contributed by atoms with Crippen LogP contribution in [0.1, 0.15) is 30.0 Å². The second-order valence-corrected chi connectivity index (χ2v) is 5.67. The number of carbonyl (C=O) groups excluding carboxylic acids is 1. The Morgan fingerprint density at radius 1 is 1.60 bits per heavy atom. The minimum atomic E-state index is 0.282. The molecule has 1 aliphatic rings. The molecule has 4 heteroatoms. The van der Waals surface area contributed by atoms with Crippen LogP contribution in [0, 0.1) is 0 Å². The lowest BCUT2D eigenvalue weighted by atomic mass is 10.3. The van der Waals surface area contributed by atoms with Crippen molar-refractivity contribution in [1.82, 2.24) is 4.90 Å². The zero-order valence-electron chi connectivity index (χ0n) is 8.81. The molecule has 15 heavy (non-hydrogen) atoms. The van der Waals surface area contributed by atoms with E-state index in [1.165, 1.54) is 4.88 Å². The molecule has 2 nitrogen and oxygen atoms in total. The first kappa shape index (κ1) is 11.0. The molecule has 1 amide bonds. The molecule has 2 rings (SSSR count). The molecule has 1 aromatic rings. The number of nitrogens with zero attached hydrogens (tertiary/aromatic N) is 1. The summed E-state index contributed by atoms with van der Waals surface area (Å²) < 4.78 is 0. The van der Waals surface area contributed by atoms with Crippen molar-refractivity contribution in [2.24, 2.45) is 0 Å². The highest BCUT2D eigenvalue weighted by Crippen LogP contribution is 2.40. The summed E-state index contributed by atoms with van der Waals surface area (Å²) in [6.45, 7) is 3.07. The van der Waals surface area contributed by atoms with Crippen molar-refractivity contribution in [3.05, 3.63) is 22.4 Å². The van der Waals surface area contributed by atoms with E-state index in [-0.39, 0.29) is 5.37 Å². The maximum atomic E-state index is 11.7. The monoisotopic (exact) mass is 241 g/mol. The van der Waals surface area contributed by atoms with Gasteiger partial charge in [0, 0.05) is 11.4 Å². The van der Waals surface area contributed by atoms with Gasteiger partial charge in [-0.25, -0.2) is 0 Å². The fourth-order valence-corrected chi connectivity index (χ4v) is 3.89. The Bertz CT molecular complexity index is 323. The van der Waals surface area contributed by atoms with Gasteiger partial charge in [-0.15, -0.1) is 23.1 Å². The van der Waals surface area contributed by atoms with Crippen LogP contribution in [0.25, 0.3) is 0 Å². The summed E-state index contributed by atoms with van der Waals surface area (Å²) in [5, 5.41) is 2.36. The molecule has 0 N–H and O–H groups in total. The van der Waals surface area contributed by atoms with E-state index in [1.807, 2.05) is 4.90 Å². The molecule has 1 saturated heterocycles. The van der Waals surface area contributed by atoms with Crippen LogP contribution in [0.5, 0.6) is 0 Å². The van der Waals surface area contributed by atoms with Crippen LogP contribution in [0.2, 0.25) is 0 Å². The number of thiophene rings is 1. The molecule has 0 saturated carbocycles. The molecule has 1 fully saturated rings. The lowest BCUT2D eigenvalue weighted by molar-refractivity contribution is -0.128. The Morgan fingerprint density at radius 3 is 3.13 bits per heavy atom. The number of rotatable bonds is 4. The Balaban J connectivity index is 2.07. The Hall–Kier alpha value is -0.480. The van der Waals surface area contributed by atoms with Crippen molar-refractivity contribution in [2.45, 2.75) is 25.1 Å². The van der Waals surface area contributed by atoms with E-state index in [1.54, 1.807) is 23.1 Å². The van der Waals surface area contributed by atoms with Crippen molar-refractivity contribution < 1.29 is 4.79 Å². The lowest BCUT2D eigenvalue weighted by Crippen LogP contribution is -2.28. The largest absolute Gasteiger partial charge is 0.325 e. The lowest BCUT2D eigenvalue weighted by Gasteiger charge is -2.22. The summed E-state index contributed by atoms with van der Waals surface area (Å²) in [5.74, 6) is 0.943. The molecule has 0 radical (unpaired) electrons. The average Bonchev–Trinajstić information content (AvgIpc) is 2.84. The van der Waals surface area contributed by atoms with Gasteiger partial charge in [-0.05, 0) is 17.9 Å². The van der Waals surface area contributed by atoms with Gasteiger partial charge in [0.15, 0.2) is 0 Å². The van der Waals surface area contributed by atoms with E-state index >= 15 is 0 Å². The molecule has 1 unspecified atom stereocenters. The number of unbranched alkanes of at least 4 members (excludes halogenated alkanes) is 1. The second-order valence-electron chi connectivity index (χ2n) is 3.62. The number of carbonyl (C=O) groups is 1. The summed E-state index contributed by atoms with van der Waals surface area (Å²) >= 11 is 3.50. The molecular formula is C11H15NOS2. The van der Waals surface area contributed by atoms with Crippen molar-refractivity contribution in [3.8, 4) is 0 Å². The van der Waals surface area contributed by atoms with E-state index in [4.69, 9.17) is 0 Å². The van der Waals surface area contributed by atoms with Gasteiger partial charge in [-0.1, -0.05) is 19.4 Å². The van der Waals surface area contributed by atoms with Crippen LogP contribution in [0.15, 0.2) is 17.5 Å². The minimum absolute atomic E-state index is 0.282. The van der Waals surface area contributed by atoms with Gasteiger partial charge in [0.25, 0.3) is 0 Å². The minimum Gasteiger partial charge on any atom is -0.325 e. The standard InChI is InChI=1S/C11H15NOS2/c1-2-3-6-12-10(13)8-15-11(12)9-5-4-7-14-9/h4-5,7,11H,2-3,6,8H2,1H3. The third-order valence-corrected chi connectivity index (χ3v) is 4.82. The van der Waals surface area contributed by atoms with Gasteiger partial charge in [0.1, 0.15) is 5.37 Å². The van der Waals surface area contributed by atoms with Gasteiger partial charge < -0.3 is 4.90 Å². The summed E-state index contributed by atoms with van der Waals surface area (Å²) in [4.78, 5) is 15.0. The molecule has 0 aromatic carbocycles. The molecule has 82 valence electrons. The molecule has 1 aliphatic heterocycles. The van der Waals surface area contributed by atoms with Crippen LogP contribution in [-0.4, -0.2) is 23.1 Å². The van der Waals surface area contributed by atoms with Gasteiger partial charge in [-0.3, -0.25) is 4.79 Å². The Morgan fingerprint density at radius 2 is 2.47 bits per heavy atom. The topological polar surface area (TPSA) is 20.3 Å². The van der Waals surface area contributed by atoms with Crippen molar-refractivity contribution in [3.63, 3.8) is 0 Å².